The summed E-state index contributed by atoms with van der Waals surface area (Å²) in [7, 11) is 6.17. The van der Waals surface area contributed by atoms with Gasteiger partial charge in [0.25, 0.3) is 0 Å². The van der Waals surface area contributed by atoms with Crippen molar-refractivity contribution in [2.75, 3.05) is 34.2 Å². The second-order valence-electron chi connectivity index (χ2n) is 6.44. The molecule has 1 aromatic rings. The molecule has 1 saturated carbocycles. The van der Waals surface area contributed by atoms with Gasteiger partial charge < -0.3 is 15.5 Å². The molecule has 2 atom stereocenters. The van der Waals surface area contributed by atoms with E-state index in [4.69, 9.17) is 0 Å². The zero-order valence-corrected chi connectivity index (χ0v) is 15.6. The van der Waals surface area contributed by atoms with Crippen molar-refractivity contribution in [3.63, 3.8) is 0 Å². The molecule has 2 unspecified atom stereocenters. The van der Waals surface area contributed by atoms with Gasteiger partial charge in [0.15, 0.2) is 5.96 Å². The van der Waals surface area contributed by atoms with Crippen LogP contribution in [0.25, 0.3) is 0 Å². The first-order valence-electron chi connectivity index (χ1n) is 8.42. The van der Waals surface area contributed by atoms with Crippen molar-refractivity contribution >= 4 is 17.7 Å². The van der Waals surface area contributed by atoms with Gasteiger partial charge in [-0.05, 0) is 45.0 Å². The lowest BCUT2D eigenvalue weighted by Gasteiger charge is -2.25. The summed E-state index contributed by atoms with van der Waals surface area (Å²) in [6.07, 6.45) is 2.72. The van der Waals surface area contributed by atoms with Gasteiger partial charge in [-0.15, -0.1) is 11.8 Å². The Labute approximate surface area is 145 Å². The van der Waals surface area contributed by atoms with E-state index in [0.29, 0.717) is 11.3 Å². The van der Waals surface area contributed by atoms with E-state index in [2.05, 4.69) is 71.9 Å². The van der Waals surface area contributed by atoms with E-state index in [1.807, 2.05) is 18.8 Å². The minimum absolute atomic E-state index is 0.490. The average molecular weight is 335 g/mol. The Morgan fingerprint density at radius 3 is 2.43 bits per heavy atom. The molecule has 1 aliphatic carbocycles. The fraction of sp³-hybridized carbons (Fsp3) is 0.611. The van der Waals surface area contributed by atoms with Crippen molar-refractivity contribution in [1.29, 1.82) is 0 Å². The second-order valence-corrected chi connectivity index (χ2v) is 7.96. The van der Waals surface area contributed by atoms with Crippen LogP contribution in [0.15, 0.2) is 40.2 Å². The lowest BCUT2D eigenvalue weighted by atomic mass is 10.1. The van der Waals surface area contributed by atoms with Gasteiger partial charge in [-0.2, -0.15) is 0 Å². The second kappa shape index (κ2) is 9.18. The van der Waals surface area contributed by atoms with Crippen LogP contribution in [0, 0.1) is 5.92 Å². The van der Waals surface area contributed by atoms with Gasteiger partial charge >= 0.3 is 0 Å². The molecule has 1 fully saturated rings. The Morgan fingerprint density at radius 2 is 1.87 bits per heavy atom. The van der Waals surface area contributed by atoms with E-state index in [9.17, 15) is 0 Å². The van der Waals surface area contributed by atoms with E-state index in [1.165, 1.54) is 17.7 Å². The first kappa shape index (κ1) is 18.1. The summed E-state index contributed by atoms with van der Waals surface area (Å²) in [5.41, 5.74) is 0. The first-order chi connectivity index (χ1) is 11.1. The van der Waals surface area contributed by atoms with Crippen LogP contribution in [0.4, 0.5) is 0 Å². The monoisotopic (exact) mass is 334 g/mol. The SMILES string of the molecule is CN=C(NCC(C)Sc1ccccc1)NCC(C1CC1)N(C)C. The molecule has 128 valence electrons. The standard InChI is InChI=1S/C18H30N4S/c1-14(23-16-8-6-5-7-9-16)12-20-18(19-2)21-13-17(22(3)4)15-10-11-15/h5-9,14-15,17H,10-13H2,1-4H3,(H2,19,20,21). The van der Waals surface area contributed by atoms with Crippen molar-refractivity contribution in [2.24, 2.45) is 10.9 Å². The highest BCUT2D eigenvalue weighted by molar-refractivity contribution is 8.00. The Morgan fingerprint density at radius 1 is 1.22 bits per heavy atom. The third-order valence-electron chi connectivity index (χ3n) is 4.17. The predicted octanol–water partition coefficient (Wildman–Crippen LogP) is 2.67. The number of thioether (sulfide) groups is 1. The summed E-state index contributed by atoms with van der Waals surface area (Å²) in [6, 6.07) is 11.1. The Balaban J connectivity index is 1.72. The van der Waals surface area contributed by atoms with Gasteiger partial charge in [-0.3, -0.25) is 4.99 Å². The largest absolute Gasteiger partial charge is 0.355 e. The summed E-state index contributed by atoms with van der Waals surface area (Å²) in [5.74, 6) is 1.75. The van der Waals surface area contributed by atoms with Gasteiger partial charge in [-0.1, -0.05) is 25.1 Å². The molecule has 0 amide bonds. The molecule has 0 aromatic heterocycles. The number of nitrogens with one attached hydrogen (secondary N) is 2. The highest BCUT2D eigenvalue weighted by atomic mass is 32.2. The molecule has 0 spiro atoms. The highest BCUT2D eigenvalue weighted by Gasteiger charge is 2.32. The molecular weight excluding hydrogens is 304 g/mol. The third-order valence-corrected chi connectivity index (χ3v) is 5.28. The fourth-order valence-corrected chi connectivity index (χ4v) is 3.63. The maximum Gasteiger partial charge on any atom is 0.191 e. The average Bonchev–Trinajstić information content (AvgIpc) is 3.36. The highest BCUT2D eigenvalue weighted by Crippen LogP contribution is 2.34. The minimum Gasteiger partial charge on any atom is -0.355 e. The number of nitrogens with zero attached hydrogens (tertiary/aromatic N) is 2. The number of hydrogen-bond donors (Lipinski definition) is 2. The van der Waals surface area contributed by atoms with Crippen molar-refractivity contribution in [2.45, 2.75) is 36.0 Å². The molecule has 0 aliphatic heterocycles. The van der Waals surface area contributed by atoms with Gasteiger partial charge in [0, 0.05) is 36.3 Å². The smallest absolute Gasteiger partial charge is 0.191 e. The van der Waals surface area contributed by atoms with E-state index in [-0.39, 0.29) is 0 Å². The van der Waals surface area contributed by atoms with Crippen LogP contribution >= 0.6 is 11.8 Å². The lowest BCUT2D eigenvalue weighted by Crippen LogP contribution is -2.47. The topological polar surface area (TPSA) is 39.7 Å². The van der Waals surface area contributed by atoms with Gasteiger partial charge in [0.1, 0.15) is 0 Å². The molecular formula is C18H30N4S. The van der Waals surface area contributed by atoms with E-state index < -0.39 is 0 Å². The normalized spacial score (nSPS) is 17.9. The van der Waals surface area contributed by atoms with Crippen LogP contribution < -0.4 is 10.6 Å². The number of rotatable bonds is 8. The quantitative estimate of drug-likeness (QED) is 0.436. The number of aliphatic imine (C=N–C) groups is 1. The Kier molecular flexibility index (Phi) is 7.24. The number of likely N-dealkylation sites (N-methyl/N-ethyl adjacent to an activating group) is 1. The van der Waals surface area contributed by atoms with Gasteiger partial charge in [0.05, 0.1) is 0 Å². The molecule has 5 heteroatoms. The minimum atomic E-state index is 0.490. The van der Waals surface area contributed by atoms with Crippen LogP contribution in [-0.2, 0) is 0 Å². The van der Waals surface area contributed by atoms with Gasteiger partial charge in [-0.25, -0.2) is 0 Å². The number of benzene rings is 1. The predicted molar refractivity (Wildman–Crippen MR) is 101 cm³/mol. The zero-order valence-electron chi connectivity index (χ0n) is 14.7. The van der Waals surface area contributed by atoms with E-state index in [0.717, 1.165) is 25.0 Å². The first-order valence-corrected chi connectivity index (χ1v) is 9.30. The van der Waals surface area contributed by atoms with Crippen molar-refractivity contribution in [1.82, 2.24) is 15.5 Å². The van der Waals surface area contributed by atoms with Crippen LogP contribution in [0.2, 0.25) is 0 Å². The summed E-state index contributed by atoms with van der Waals surface area (Å²) in [4.78, 5) is 7.98. The van der Waals surface area contributed by atoms with Crippen molar-refractivity contribution in [3.05, 3.63) is 30.3 Å². The lowest BCUT2D eigenvalue weighted by molar-refractivity contribution is 0.264. The van der Waals surface area contributed by atoms with E-state index >= 15 is 0 Å². The molecule has 1 aliphatic rings. The molecule has 0 saturated heterocycles. The summed E-state index contributed by atoms with van der Waals surface area (Å²) in [5, 5.41) is 7.41. The molecule has 0 radical (unpaired) electrons. The summed E-state index contributed by atoms with van der Waals surface area (Å²) >= 11 is 1.89. The number of guanidine groups is 1. The van der Waals surface area contributed by atoms with Gasteiger partial charge in [0.2, 0.25) is 0 Å². The van der Waals surface area contributed by atoms with Crippen LogP contribution in [0.3, 0.4) is 0 Å². The maximum atomic E-state index is 4.34. The van der Waals surface area contributed by atoms with Crippen LogP contribution in [0.5, 0.6) is 0 Å². The molecule has 0 bridgehead atoms. The zero-order chi connectivity index (χ0) is 16.7. The molecule has 4 nitrogen and oxygen atoms in total. The summed E-state index contributed by atoms with van der Waals surface area (Å²) in [6.45, 7) is 4.09. The molecule has 0 heterocycles. The Bertz CT molecular complexity index is 483. The molecule has 2 N–H and O–H groups in total. The fourth-order valence-electron chi connectivity index (χ4n) is 2.69. The molecule has 2 rings (SSSR count). The maximum absolute atomic E-state index is 4.34. The Hall–Kier alpha value is -1.20. The molecule has 23 heavy (non-hydrogen) atoms. The summed E-state index contributed by atoms with van der Waals surface area (Å²) < 4.78 is 0. The van der Waals surface area contributed by atoms with Crippen LogP contribution in [-0.4, -0.2) is 56.4 Å². The van der Waals surface area contributed by atoms with Crippen molar-refractivity contribution in [3.8, 4) is 0 Å². The third kappa shape index (κ3) is 6.43. The van der Waals surface area contributed by atoms with E-state index in [1.54, 1.807) is 0 Å². The van der Waals surface area contributed by atoms with Crippen LogP contribution in [0.1, 0.15) is 19.8 Å². The molecule has 1 aromatic carbocycles. The van der Waals surface area contributed by atoms with Crippen molar-refractivity contribution < 1.29 is 0 Å². The number of hydrogen-bond acceptors (Lipinski definition) is 3.